The summed E-state index contributed by atoms with van der Waals surface area (Å²) in [5.74, 6) is -0.639. The van der Waals surface area contributed by atoms with Crippen LogP contribution in [0.25, 0.3) is 11.5 Å². The zero-order valence-corrected chi connectivity index (χ0v) is 18.3. The number of halogens is 3. The number of aryl methyl sites for hydroxylation is 1. The molecule has 4 rings (SSSR count). The van der Waals surface area contributed by atoms with Gasteiger partial charge in [-0.1, -0.05) is 12.1 Å². The highest BCUT2D eigenvalue weighted by molar-refractivity contribution is 6.00. The number of aromatic nitrogens is 6. The fourth-order valence-electron chi connectivity index (χ4n) is 3.32. The molecule has 0 aliphatic heterocycles. The maximum absolute atomic E-state index is 13.1. The number of hydrogen-bond donors (Lipinski definition) is 2. The number of benzene rings is 1. The predicted octanol–water partition coefficient (Wildman–Crippen LogP) is 2.76. The summed E-state index contributed by atoms with van der Waals surface area (Å²) in [5, 5.41) is 25.8. The molecule has 0 saturated heterocycles. The number of aliphatic hydroxyl groups is 1. The van der Waals surface area contributed by atoms with Crippen molar-refractivity contribution < 1.29 is 27.8 Å². The van der Waals surface area contributed by atoms with Gasteiger partial charge in [0.25, 0.3) is 5.91 Å². The van der Waals surface area contributed by atoms with Gasteiger partial charge < -0.3 is 15.2 Å². The molecule has 0 saturated carbocycles. The number of fused-ring (bicyclic) bond motifs is 1. The number of carbonyl (C=O) groups excluding carboxylic acids is 1. The third kappa shape index (κ3) is 4.98. The maximum atomic E-state index is 13.1. The first-order valence-corrected chi connectivity index (χ1v) is 10.0. The number of amides is 1. The van der Waals surface area contributed by atoms with Gasteiger partial charge in [0.1, 0.15) is 11.3 Å². The highest BCUT2D eigenvalue weighted by Gasteiger charge is 2.33. The minimum Gasteiger partial charge on any atom is -0.406 e. The zero-order valence-electron chi connectivity index (χ0n) is 18.3. The summed E-state index contributed by atoms with van der Waals surface area (Å²) >= 11 is 0. The van der Waals surface area contributed by atoms with Crippen LogP contribution < -0.4 is 10.1 Å². The van der Waals surface area contributed by atoms with Gasteiger partial charge in [-0.2, -0.15) is 15.3 Å². The standard InChI is InChI=1S/C21H20F3N7O3/c1-12-10-26-31(29-12)16-8-9-30-18(27-16)15(11-25-30)19(32)28-17(20(2,3)33)13-4-6-14(7-5-13)34-21(22,23)24/h4-11,17,33H,1-3H3,(H,28,32)/t17-/m0/s1. The van der Waals surface area contributed by atoms with Gasteiger partial charge in [0, 0.05) is 12.3 Å². The van der Waals surface area contributed by atoms with Crippen LogP contribution in [0, 0.1) is 6.92 Å². The fourth-order valence-corrected chi connectivity index (χ4v) is 3.32. The Morgan fingerprint density at radius 3 is 2.41 bits per heavy atom. The number of hydrogen-bond acceptors (Lipinski definition) is 7. The van der Waals surface area contributed by atoms with Crippen molar-refractivity contribution in [3.8, 4) is 11.6 Å². The molecule has 0 fully saturated rings. The molecule has 0 aliphatic rings. The number of nitrogens with one attached hydrogen (secondary N) is 1. The van der Waals surface area contributed by atoms with Crippen LogP contribution in [0.2, 0.25) is 0 Å². The number of rotatable bonds is 6. The van der Waals surface area contributed by atoms with Crippen LogP contribution in [-0.2, 0) is 0 Å². The molecule has 1 aromatic carbocycles. The summed E-state index contributed by atoms with van der Waals surface area (Å²) in [6, 6.07) is 5.55. The van der Waals surface area contributed by atoms with Gasteiger partial charge in [-0.3, -0.25) is 4.79 Å². The first kappa shape index (κ1) is 23.2. The van der Waals surface area contributed by atoms with Crippen molar-refractivity contribution in [3.05, 3.63) is 65.7 Å². The molecule has 1 atom stereocenters. The van der Waals surface area contributed by atoms with Crippen LogP contribution >= 0.6 is 0 Å². The van der Waals surface area contributed by atoms with Crippen LogP contribution in [0.4, 0.5) is 13.2 Å². The quantitative estimate of drug-likeness (QED) is 0.440. The van der Waals surface area contributed by atoms with Crippen molar-refractivity contribution >= 4 is 11.6 Å². The van der Waals surface area contributed by atoms with Gasteiger partial charge >= 0.3 is 6.36 Å². The van der Waals surface area contributed by atoms with E-state index in [0.717, 1.165) is 12.1 Å². The lowest BCUT2D eigenvalue weighted by Crippen LogP contribution is -2.42. The normalized spacial score (nSPS) is 13.1. The van der Waals surface area contributed by atoms with E-state index in [1.54, 1.807) is 25.4 Å². The molecule has 34 heavy (non-hydrogen) atoms. The molecule has 3 aromatic heterocycles. The van der Waals surface area contributed by atoms with E-state index < -0.39 is 29.7 Å². The van der Waals surface area contributed by atoms with E-state index in [9.17, 15) is 23.1 Å². The predicted molar refractivity (Wildman–Crippen MR) is 112 cm³/mol. The molecular formula is C21H20F3N7O3. The van der Waals surface area contributed by atoms with Gasteiger partial charge in [-0.05, 0) is 38.5 Å². The Morgan fingerprint density at radius 2 is 1.82 bits per heavy atom. The van der Waals surface area contributed by atoms with Gasteiger partial charge in [0.05, 0.1) is 29.7 Å². The number of carbonyl (C=O) groups is 1. The maximum Gasteiger partial charge on any atom is 0.573 e. The lowest BCUT2D eigenvalue weighted by molar-refractivity contribution is -0.274. The Labute approximate surface area is 191 Å². The molecule has 0 bridgehead atoms. The Hall–Kier alpha value is -4.00. The molecule has 4 aromatic rings. The number of nitrogens with zero attached hydrogens (tertiary/aromatic N) is 6. The number of ether oxygens (including phenoxy) is 1. The molecule has 1 amide bonds. The van der Waals surface area contributed by atoms with Gasteiger partial charge in [-0.25, -0.2) is 9.50 Å². The van der Waals surface area contributed by atoms with E-state index >= 15 is 0 Å². The van der Waals surface area contributed by atoms with Crippen molar-refractivity contribution in [1.82, 2.24) is 34.9 Å². The van der Waals surface area contributed by atoms with E-state index in [1.807, 2.05) is 0 Å². The van der Waals surface area contributed by atoms with Crippen LogP contribution in [-0.4, -0.2) is 52.6 Å². The average molecular weight is 475 g/mol. The molecule has 178 valence electrons. The molecule has 13 heteroatoms. The molecule has 2 N–H and O–H groups in total. The lowest BCUT2D eigenvalue weighted by Gasteiger charge is -2.30. The molecule has 0 unspecified atom stereocenters. The molecule has 10 nitrogen and oxygen atoms in total. The summed E-state index contributed by atoms with van der Waals surface area (Å²) in [6.07, 6.45) is -0.342. The minimum atomic E-state index is -4.83. The van der Waals surface area contributed by atoms with E-state index in [1.165, 1.54) is 41.5 Å². The highest BCUT2D eigenvalue weighted by atomic mass is 19.4. The SMILES string of the molecule is Cc1cnn(-c2ccn3ncc(C(=O)N[C@@H](c4ccc(OC(F)(F)F)cc4)C(C)(C)O)c3n2)n1. The first-order valence-electron chi connectivity index (χ1n) is 10.0. The van der Waals surface area contributed by atoms with Crippen LogP contribution in [0.5, 0.6) is 5.75 Å². The Bertz CT molecular complexity index is 1320. The van der Waals surface area contributed by atoms with Crippen LogP contribution in [0.15, 0.2) is 48.9 Å². The Balaban J connectivity index is 1.62. The highest BCUT2D eigenvalue weighted by Crippen LogP contribution is 2.29. The van der Waals surface area contributed by atoms with Crippen LogP contribution in [0.1, 0.15) is 41.5 Å². The van der Waals surface area contributed by atoms with Crippen LogP contribution in [0.3, 0.4) is 0 Å². The lowest BCUT2D eigenvalue weighted by atomic mass is 9.91. The van der Waals surface area contributed by atoms with E-state index in [0.29, 0.717) is 17.1 Å². The summed E-state index contributed by atoms with van der Waals surface area (Å²) in [5.41, 5.74) is -0.0463. The molecular weight excluding hydrogens is 455 g/mol. The van der Waals surface area contributed by atoms with Crippen molar-refractivity contribution in [2.45, 2.75) is 38.8 Å². The van der Waals surface area contributed by atoms with E-state index in [2.05, 4.69) is 30.3 Å². The van der Waals surface area contributed by atoms with E-state index in [-0.39, 0.29) is 11.2 Å². The third-order valence-corrected chi connectivity index (χ3v) is 4.84. The van der Waals surface area contributed by atoms with Crippen molar-refractivity contribution in [3.63, 3.8) is 0 Å². The van der Waals surface area contributed by atoms with Crippen molar-refractivity contribution in [1.29, 1.82) is 0 Å². The molecule has 0 aliphatic carbocycles. The Kier molecular flexibility index (Phi) is 5.73. The topological polar surface area (TPSA) is 119 Å². The summed E-state index contributed by atoms with van der Waals surface area (Å²) in [7, 11) is 0. The average Bonchev–Trinajstić information content (AvgIpc) is 3.36. The van der Waals surface area contributed by atoms with Gasteiger partial charge in [0.15, 0.2) is 11.5 Å². The zero-order chi connectivity index (χ0) is 24.7. The largest absolute Gasteiger partial charge is 0.573 e. The third-order valence-electron chi connectivity index (χ3n) is 4.84. The van der Waals surface area contributed by atoms with Gasteiger partial charge in [0.2, 0.25) is 0 Å². The minimum absolute atomic E-state index is 0.122. The smallest absolute Gasteiger partial charge is 0.406 e. The molecule has 0 spiro atoms. The molecule has 0 radical (unpaired) electrons. The van der Waals surface area contributed by atoms with Crippen molar-refractivity contribution in [2.75, 3.05) is 0 Å². The summed E-state index contributed by atoms with van der Waals surface area (Å²) < 4.78 is 42.6. The van der Waals surface area contributed by atoms with Crippen molar-refractivity contribution in [2.24, 2.45) is 0 Å². The monoisotopic (exact) mass is 475 g/mol. The second kappa shape index (κ2) is 8.41. The summed E-state index contributed by atoms with van der Waals surface area (Å²) in [6.45, 7) is 4.71. The Morgan fingerprint density at radius 1 is 1.12 bits per heavy atom. The fraction of sp³-hybridized carbons (Fsp3) is 0.286. The first-order chi connectivity index (χ1) is 15.9. The van der Waals surface area contributed by atoms with E-state index in [4.69, 9.17) is 0 Å². The van der Waals surface area contributed by atoms with Gasteiger partial charge in [-0.15, -0.1) is 18.0 Å². The molecule has 3 heterocycles. The second-order valence-corrected chi connectivity index (χ2v) is 8.06. The second-order valence-electron chi connectivity index (χ2n) is 8.06. The summed E-state index contributed by atoms with van der Waals surface area (Å²) in [4.78, 5) is 18.9. The number of alkyl halides is 3.